The normalized spacial score (nSPS) is 23.6. The molecule has 0 N–H and O–H groups in total. The lowest BCUT2D eigenvalue weighted by atomic mass is 9.76. The largest absolute Gasteiger partial charge is 0.303 e. The van der Waals surface area contributed by atoms with Crippen LogP contribution in [0.2, 0.25) is 0 Å². The van der Waals surface area contributed by atoms with Gasteiger partial charge in [0.25, 0.3) is 0 Å². The van der Waals surface area contributed by atoms with Gasteiger partial charge in [-0.05, 0) is 50.6 Å². The smallest absolute Gasteiger partial charge is 0.00160 e. The highest BCUT2D eigenvalue weighted by atomic mass is 15.1. The van der Waals surface area contributed by atoms with Crippen LogP contribution in [0.1, 0.15) is 65.7 Å². The number of nitrogens with zero attached hydrogens (tertiary/aromatic N) is 1. The Kier molecular flexibility index (Phi) is 8.93. The lowest BCUT2D eigenvalue weighted by Crippen LogP contribution is -2.26. The number of hydrogen-bond acceptors (Lipinski definition) is 1. The van der Waals surface area contributed by atoms with Crippen LogP contribution in [0, 0.1) is 11.8 Å². The van der Waals surface area contributed by atoms with E-state index in [1.54, 1.807) is 0 Å². The fourth-order valence-corrected chi connectivity index (χ4v) is 3.45. The SMILES string of the molecule is C=C(/C=C\CCN(CCC)CCC)C1CCCCC1C. The van der Waals surface area contributed by atoms with E-state index in [-0.39, 0.29) is 0 Å². The molecule has 2 atom stereocenters. The quantitative estimate of drug-likeness (QED) is 0.507. The van der Waals surface area contributed by atoms with Gasteiger partial charge in [0.05, 0.1) is 0 Å². The number of allylic oxidation sites excluding steroid dienone is 2. The van der Waals surface area contributed by atoms with Gasteiger partial charge in [-0.1, -0.05) is 64.3 Å². The van der Waals surface area contributed by atoms with Crippen molar-refractivity contribution in [1.82, 2.24) is 4.90 Å². The first-order valence-electron chi connectivity index (χ1n) is 8.76. The van der Waals surface area contributed by atoms with Gasteiger partial charge in [-0.3, -0.25) is 0 Å². The molecule has 0 aromatic carbocycles. The van der Waals surface area contributed by atoms with Gasteiger partial charge in [0.2, 0.25) is 0 Å². The van der Waals surface area contributed by atoms with Crippen molar-refractivity contribution in [3.63, 3.8) is 0 Å². The summed E-state index contributed by atoms with van der Waals surface area (Å²) in [6.07, 6.45) is 13.9. The van der Waals surface area contributed by atoms with Gasteiger partial charge >= 0.3 is 0 Å². The average molecular weight is 277 g/mol. The molecule has 0 bridgehead atoms. The summed E-state index contributed by atoms with van der Waals surface area (Å²) in [5.41, 5.74) is 1.37. The zero-order valence-corrected chi connectivity index (χ0v) is 14.0. The van der Waals surface area contributed by atoms with Gasteiger partial charge in [-0.15, -0.1) is 0 Å². The molecule has 1 aliphatic rings. The predicted molar refractivity (Wildman–Crippen MR) is 91.0 cm³/mol. The van der Waals surface area contributed by atoms with Crippen molar-refractivity contribution in [2.75, 3.05) is 19.6 Å². The molecule has 1 aliphatic carbocycles. The molecule has 116 valence electrons. The number of hydrogen-bond donors (Lipinski definition) is 0. The molecule has 0 heterocycles. The summed E-state index contributed by atoms with van der Waals surface area (Å²) in [7, 11) is 0. The first-order valence-corrected chi connectivity index (χ1v) is 8.76. The molecule has 0 spiro atoms. The molecule has 0 aromatic rings. The molecule has 0 aromatic heterocycles. The molecule has 0 amide bonds. The maximum atomic E-state index is 4.32. The maximum Gasteiger partial charge on any atom is 0.00160 e. The van der Waals surface area contributed by atoms with Crippen LogP contribution in [0.3, 0.4) is 0 Å². The second kappa shape index (κ2) is 10.2. The highest BCUT2D eigenvalue weighted by Crippen LogP contribution is 2.34. The van der Waals surface area contributed by atoms with Gasteiger partial charge in [0, 0.05) is 6.54 Å². The Hall–Kier alpha value is -0.560. The standard InChI is InChI=1S/C19H35N/c1-5-14-20(15-6-2)16-10-9-12-18(4)19-13-8-7-11-17(19)3/h9,12,17,19H,4-8,10-11,13-16H2,1-3H3/b12-9-. The topological polar surface area (TPSA) is 3.24 Å². The second-order valence-electron chi connectivity index (χ2n) is 6.48. The van der Waals surface area contributed by atoms with Crippen molar-refractivity contribution in [2.45, 2.75) is 65.7 Å². The Balaban J connectivity index is 2.30. The summed E-state index contributed by atoms with van der Waals surface area (Å²) in [5.74, 6) is 1.57. The monoisotopic (exact) mass is 277 g/mol. The summed E-state index contributed by atoms with van der Waals surface area (Å²) in [6, 6.07) is 0. The molecule has 1 rings (SSSR count). The van der Waals surface area contributed by atoms with Gasteiger partial charge in [0.15, 0.2) is 0 Å². The van der Waals surface area contributed by atoms with Gasteiger partial charge in [-0.25, -0.2) is 0 Å². The van der Waals surface area contributed by atoms with Crippen LogP contribution in [-0.4, -0.2) is 24.5 Å². The molecule has 1 nitrogen and oxygen atoms in total. The minimum Gasteiger partial charge on any atom is -0.303 e. The van der Waals surface area contributed by atoms with E-state index in [4.69, 9.17) is 0 Å². The van der Waals surface area contributed by atoms with E-state index in [0.717, 1.165) is 11.8 Å². The van der Waals surface area contributed by atoms with Crippen LogP contribution in [0.4, 0.5) is 0 Å². The van der Waals surface area contributed by atoms with Crippen molar-refractivity contribution < 1.29 is 0 Å². The van der Waals surface area contributed by atoms with Crippen molar-refractivity contribution in [3.8, 4) is 0 Å². The summed E-state index contributed by atoms with van der Waals surface area (Å²) < 4.78 is 0. The van der Waals surface area contributed by atoms with Gasteiger partial charge in [0.1, 0.15) is 0 Å². The third-order valence-electron chi connectivity index (χ3n) is 4.61. The number of rotatable bonds is 9. The van der Waals surface area contributed by atoms with Gasteiger partial charge in [-0.2, -0.15) is 0 Å². The Morgan fingerprint density at radius 1 is 1.10 bits per heavy atom. The molecule has 0 radical (unpaired) electrons. The zero-order chi connectivity index (χ0) is 14.8. The molecule has 20 heavy (non-hydrogen) atoms. The predicted octanol–water partition coefficient (Wildman–Crippen LogP) is 5.44. The van der Waals surface area contributed by atoms with Crippen LogP contribution in [0.15, 0.2) is 24.3 Å². The van der Waals surface area contributed by atoms with Crippen molar-refractivity contribution in [1.29, 1.82) is 0 Å². The Bertz CT molecular complexity index is 286. The lowest BCUT2D eigenvalue weighted by Gasteiger charge is -2.29. The van der Waals surface area contributed by atoms with E-state index in [0.29, 0.717) is 0 Å². The van der Waals surface area contributed by atoms with Gasteiger partial charge < -0.3 is 4.90 Å². The first-order chi connectivity index (χ1) is 9.69. The Labute approximate surface area is 127 Å². The van der Waals surface area contributed by atoms with E-state index in [9.17, 15) is 0 Å². The van der Waals surface area contributed by atoms with E-state index < -0.39 is 0 Å². The van der Waals surface area contributed by atoms with E-state index in [2.05, 4.69) is 44.4 Å². The summed E-state index contributed by atoms with van der Waals surface area (Å²) in [4.78, 5) is 2.58. The van der Waals surface area contributed by atoms with Crippen LogP contribution in [0.25, 0.3) is 0 Å². The molecule has 1 heteroatoms. The fourth-order valence-electron chi connectivity index (χ4n) is 3.45. The summed E-state index contributed by atoms with van der Waals surface area (Å²) in [5, 5.41) is 0. The fraction of sp³-hybridized carbons (Fsp3) is 0.789. The molecule has 0 saturated heterocycles. The average Bonchev–Trinajstić information content (AvgIpc) is 2.44. The van der Waals surface area contributed by atoms with E-state index in [1.165, 1.54) is 70.2 Å². The van der Waals surface area contributed by atoms with Crippen LogP contribution < -0.4 is 0 Å². The molecule has 1 saturated carbocycles. The lowest BCUT2D eigenvalue weighted by molar-refractivity contribution is 0.279. The highest BCUT2D eigenvalue weighted by molar-refractivity contribution is 5.19. The third kappa shape index (κ3) is 6.26. The third-order valence-corrected chi connectivity index (χ3v) is 4.61. The zero-order valence-electron chi connectivity index (χ0n) is 14.0. The summed E-state index contributed by atoms with van der Waals surface area (Å²) in [6.45, 7) is 14.9. The molecular formula is C19H35N. The summed E-state index contributed by atoms with van der Waals surface area (Å²) >= 11 is 0. The van der Waals surface area contributed by atoms with Crippen LogP contribution in [-0.2, 0) is 0 Å². The minimum absolute atomic E-state index is 0.738. The van der Waals surface area contributed by atoms with Crippen molar-refractivity contribution >= 4 is 0 Å². The molecule has 2 unspecified atom stereocenters. The minimum atomic E-state index is 0.738. The van der Waals surface area contributed by atoms with E-state index >= 15 is 0 Å². The maximum absolute atomic E-state index is 4.32. The molecule has 0 aliphatic heterocycles. The molecular weight excluding hydrogens is 242 g/mol. The highest BCUT2D eigenvalue weighted by Gasteiger charge is 2.22. The Morgan fingerprint density at radius 2 is 1.75 bits per heavy atom. The van der Waals surface area contributed by atoms with Crippen LogP contribution >= 0.6 is 0 Å². The Morgan fingerprint density at radius 3 is 2.35 bits per heavy atom. The van der Waals surface area contributed by atoms with Crippen molar-refractivity contribution in [2.24, 2.45) is 11.8 Å². The second-order valence-corrected chi connectivity index (χ2v) is 6.48. The first kappa shape index (κ1) is 17.5. The van der Waals surface area contributed by atoms with E-state index in [1.807, 2.05) is 0 Å². The van der Waals surface area contributed by atoms with Crippen molar-refractivity contribution in [3.05, 3.63) is 24.3 Å². The van der Waals surface area contributed by atoms with Crippen LogP contribution in [0.5, 0.6) is 0 Å². The molecule has 1 fully saturated rings.